The maximum Gasteiger partial charge on any atom is 0.0706 e. The Hall–Kier alpha value is -0.0400. The number of hydrogen-bond acceptors (Lipinski definition) is 1. The molecule has 0 saturated heterocycles. The van der Waals surface area contributed by atoms with Crippen molar-refractivity contribution >= 4 is 0 Å². The van der Waals surface area contributed by atoms with Crippen molar-refractivity contribution in [1.82, 2.24) is 0 Å². The van der Waals surface area contributed by atoms with Gasteiger partial charge in [-0.1, -0.05) is 27.7 Å². The highest BCUT2D eigenvalue weighted by Crippen LogP contribution is 2.71. The predicted octanol–water partition coefficient (Wildman–Crippen LogP) is 3.47. The van der Waals surface area contributed by atoms with Crippen LogP contribution in [0, 0.1) is 35.0 Å². The molecule has 0 amide bonds. The van der Waals surface area contributed by atoms with E-state index in [4.69, 9.17) is 0 Å². The first-order chi connectivity index (χ1) is 7.39. The molecule has 3 aliphatic rings. The lowest BCUT2D eigenvalue weighted by Crippen LogP contribution is -2.42. The van der Waals surface area contributed by atoms with Gasteiger partial charge in [0, 0.05) is 0 Å². The third-order valence-electron chi connectivity index (χ3n) is 6.48. The highest BCUT2D eigenvalue weighted by Gasteiger charge is 2.68. The first kappa shape index (κ1) is 11.1. The Morgan fingerprint density at radius 2 is 1.69 bits per heavy atom. The average molecular weight is 222 g/mol. The Morgan fingerprint density at radius 3 is 2.38 bits per heavy atom. The maximum absolute atomic E-state index is 11.1. The highest BCUT2D eigenvalue weighted by molar-refractivity contribution is 5.17. The van der Waals surface area contributed by atoms with Crippen molar-refractivity contribution in [2.45, 2.75) is 59.0 Å². The van der Waals surface area contributed by atoms with Gasteiger partial charge < -0.3 is 5.11 Å². The normalized spacial score (nSPS) is 58.7. The molecule has 0 aliphatic heterocycles. The summed E-state index contributed by atoms with van der Waals surface area (Å²) in [5.41, 5.74) is 0.185. The van der Waals surface area contributed by atoms with Gasteiger partial charge >= 0.3 is 0 Å². The van der Waals surface area contributed by atoms with Gasteiger partial charge in [-0.15, -0.1) is 0 Å². The van der Waals surface area contributed by atoms with Gasteiger partial charge in [0.2, 0.25) is 0 Å². The number of fused-ring (bicyclic) bond motifs is 3. The zero-order valence-corrected chi connectivity index (χ0v) is 11.2. The van der Waals surface area contributed by atoms with E-state index in [0.717, 1.165) is 24.2 Å². The second kappa shape index (κ2) is 3.04. The third-order valence-corrected chi connectivity index (χ3v) is 6.48. The molecule has 0 spiro atoms. The van der Waals surface area contributed by atoms with Crippen LogP contribution in [-0.2, 0) is 0 Å². The molecule has 1 N–H and O–H groups in total. The van der Waals surface area contributed by atoms with Gasteiger partial charge in [0.25, 0.3) is 0 Å². The van der Waals surface area contributed by atoms with Crippen molar-refractivity contribution in [2.24, 2.45) is 35.0 Å². The summed E-state index contributed by atoms with van der Waals surface area (Å²) in [7, 11) is 0. The minimum atomic E-state index is -0.327. The monoisotopic (exact) mass is 222 g/mol. The van der Waals surface area contributed by atoms with Gasteiger partial charge in [-0.3, -0.25) is 0 Å². The summed E-state index contributed by atoms with van der Waals surface area (Å²) in [4.78, 5) is 0. The minimum Gasteiger partial charge on any atom is -0.389 e. The van der Waals surface area contributed by atoms with E-state index in [2.05, 4.69) is 27.7 Å². The quantitative estimate of drug-likeness (QED) is 0.665. The van der Waals surface area contributed by atoms with E-state index in [-0.39, 0.29) is 5.60 Å². The van der Waals surface area contributed by atoms with Gasteiger partial charge in [0.05, 0.1) is 5.60 Å². The molecule has 16 heavy (non-hydrogen) atoms. The fraction of sp³-hybridized carbons (Fsp3) is 1.00. The van der Waals surface area contributed by atoms with Gasteiger partial charge in [0.15, 0.2) is 0 Å². The summed E-state index contributed by atoms with van der Waals surface area (Å²) >= 11 is 0. The molecule has 92 valence electrons. The topological polar surface area (TPSA) is 20.2 Å². The predicted molar refractivity (Wildman–Crippen MR) is 66.0 cm³/mol. The summed E-state index contributed by atoms with van der Waals surface area (Å²) in [5, 5.41) is 11.1. The molecule has 3 rings (SSSR count). The van der Waals surface area contributed by atoms with Crippen molar-refractivity contribution in [2.75, 3.05) is 0 Å². The average Bonchev–Trinajstić information content (AvgIpc) is 2.64. The first-order valence-electron chi connectivity index (χ1n) is 7.11. The van der Waals surface area contributed by atoms with Crippen molar-refractivity contribution in [3.05, 3.63) is 0 Å². The molecule has 5 unspecified atom stereocenters. The van der Waals surface area contributed by atoms with Crippen LogP contribution in [0.4, 0.5) is 0 Å². The molecule has 0 radical (unpaired) electrons. The van der Waals surface area contributed by atoms with Crippen LogP contribution in [0.15, 0.2) is 0 Å². The Morgan fingerprint density at radius 1 is 1.00 bits per heavy atom. The molecular formula is C15H26O. The third kappa shape index (κ3) is 1.16. The van der Waals surface area contributed by atoms with Gasteiger partial charge in [-0.2, -0.15) is 0 Å². The lowest BCUT2D eigenvalue weighted by atomic mass is 9.73. The minimum absolute atomic E-state index is 0.327. The van der Waals surface area contributed by atoms with Crippen LogP contribution in [-0.4, -0.2) is 10.7 Å². The number of hydrogen-bond donors (Lipinski definition) is 1. The molecule has 3 aliphatic carbocycles. The SMILES string of the molecule is CC1CC[C@]2(O)C(C)CCC3C(C12)C3(C)C. The summed E-state index contributed by atoms with van der Waals surface area (Å²) in [6.07, 6.45) is 4.89. The fourth-order valence-corrected chi connectivity index (χ4v) is 5.27. The largest absolute Gasteiger partial charge is 0.389 e. The summed E-state index contributed by atoms with van der Waals surface area (Å²) in [5.74, 6) is 3.55. The summed E-state index contributed by atoms with van der Waals surface area (Å²) < 4.78 is 0. The van der Waals surface area contributed by atoms with Crippen LogP contribution < -0.4 is 0 Å². The fourth-order valence-electron chi connectivity index (χ4n) is 5.27. The highest BCUT2D eigenvalue weighted by atomic mass is 16.3. The van der Waals surface area contributed by atoms with E-state index >= 15 is 0 Å². The van der Waals surface area contributed by atoms with Crippen molar-refractivity contribution < 1.29 is 5.11 Å². The van der Waals surface area contributed by atoms with Crippen LogP contribution in [0.3, 0.4) is 0 Å². The molecule has 0 aromatic carbocycles. The molecule has 1 heteroatoms. The first-order valence-corrected chi connectivity index (χ1v) is 7.11. The lowest BCUT2D eigenvalue weighted by Gasteiger charge is -2.37. The van der Waals surface area contributed by atoms with E-state index < -0.39 is 0 Å². The van der Waals surface area contributed by atoms with Gasteiger partial charge in [-0.25, -0.2) is 0 Å². The second-order valence-electron chi connectivity index (χ2n) is 7.47. The van der Waals surface area contributed by atoms with Crippen LogP contribution in [0.1, 0.15) is 53.4 Å². The maximum atomic E-state index is 11.1. The summed E-state index contributed by atoms with van der Waals surface area (Å²) in [6.45, 7) is 9.49. The van der Waals surface area contributed by atoms with Crippen LogP contribution in [0.5, 0.6) is 0 Å². The van der Waals surface area contributed by atoms with Crippen molar-refractivity contribution in [3.8, 4) is 0 Å². The zero-order valence-electron chi connectivity index (χ0n) is 11.2. The smallest absolute Gasteiger partial charge is 0.0706 e. The molecular weight excluding hydrogens is 196 g/mol. The van der Waals surface area contributed by atoms with Gasteiger partial charge in [-0.05, 0) is 60.7 Å². The molecule has 3 saturated carbocycles. The van der Waals surface area contributed by atoms with E-state index in [1.807, 2.05) is 0 Å². The molecule has 6 atom stereocenters. The molecule has 3 fully saturated rings. The second-order valence-corrected chi connectivity index (χ2v) is 7.47. The van der Waals surface area contributed by atoms with Crippen LogP contribution >= 0.6 is 0 Å². The summed E-state index contributed by atoms with van der Waals surface area (Å²) in [6, 6.07) is 0. The molecule has 1 nitrogen and oxygen atoms in total. The van der Waals surface area contributed by atoms with Gasteiger partial charge in [0.1, 0.15) is 0 Å². The van der Waals surface area contributed by atoms with E-state index in [9.17, 15) is 5.11 Å². The zero-order chi connectivity index (χ0) is 11.7. The molecule has 0 bridgehead atoms. The molecule has 0 aromatic rings. The van der Waals surface area contributed by atoms with Crippen molar-refractivity contribution in [3.63, 3.8) is 0 Å². The van der Waals surface area contributed by atoms with Crippen LogP contribution in [0.25, 0.3) is 0 Å². The molecule has 0 heterocycles. The molecule has 0 aromatic heterocycles. The number of rotatable bonds is 0. The standard InChI is InChI=1S/C15H26O/c1-9-7-8-15(16)10(2)5-6-11-13(12(9)15)14(11,3)4/h9-13,16H,5-8H2,1-4H3/t9?,10?,11?,12?,13?,15-/m0/s1. The Kier molecular flexibility index (Phi) is 2.11. The van der Waals surface area contributed by atoms with E-state index in [1.54, 1.807) is 0 Å². The van der Waals surface area contributed by atoms with E-state index in [0.29, 0.717) is 17.3 Å². The Balaban J connectivity index is 1.98. The lowest BCUT2D eigenvalue weighted by molar-refractivity contribution is -0.0624. The Bertz CT molecular complexity index is 309. The van der Waals surface area contributed by atoms with E-state index in [1.165, 1.54) is 19.3 Å². The number of aliphatic hydroxyl groups is 1. The van der Waals surface area contributed by atoms with Crippen LogP contribution in [0.2, 0.25) is 0 Å². The Labute approximate surface area is 99.6 Å². The van der Waals surface area contributed by atoms with Crippen molar-refractivity contribution in [1.29, 1.82) is 0 Å².